The quantitative estimate of drug-likeness (QED) is 0.741. The number of carbonyl (C=O) groups is 1. The van der Waals surface area contributed by atoms with Gasteiger partial charge in [0.2, 0.25) is 10.0 Å². The van der Waals surface area contributed by atoms with Crippen molar-refractivity contribution >= 4 is 15.9 Å². The van der Waals surface area contributed by atoms with Gasteiger partial charge in [0.25, 0.3) is 5.91 Å². The Balaban J connectivity index is 1.92. The van der Waals surface area contributed by atoms with Gasteiger partial charge in [0.15, 0.2) is 11.5 Å². The molecule has 1 fully saturated rings. The molecule has 26 heavy (non-hydrogen) atoms. The molecule has 8 heteroatoms. The molecule has 2 rings (SSSR count). The SMILES string of the molecule is CCCCS(=O)(=O)N1CCC(NC(=O)c2ccc(OC)c(OC)c2)CC1. The van der Waals surface area contributed by atoms with Crippen LogP contribution in [0.3, 0.4) is 0 Å². The maximum absolute atomic E-state index is 12.5. The van der Waals surface area contributed by atoms with Gasteiger partial charge in [-0.05, 0) is 37.5 Å². The van der Waals surface area contributed by atoms with Crippen molar-refractivity contribution in [2.75, 3.05) is 33.1 Å². The van der Waals surface area contributed by atoms with Gasteiger partial charge in [0.1, 0.15) is 0 Å². The number of unbranched alkanes of at least 4 members (excludes halogenated alkanes) is 1. The Bertz CT molecular complexity index is 712. The predicted molar refractivity (Wildman–Crippen MR) is 100 cm³/mol. The highest BCUT2D eigenvalue weighted by Gasteiger charge is 2.28. The Kier molecular flexibility index (Phi) is 7.28. The van der Waals surface area contributed by atoms with E-state index in [4.69, 9.17) is 9.47 Å². The minimum atomic E-state index is -3.18. The lowest BCUT2D eigenvalue weighted by molar-refractivity contribution is 0.0923. The Morgan fingerprint density at radius 1 is 1.19 bits per heavy atom. The van der Waals surface area contributed by atoms with Crippen LogP contribution in [-0.2, 0) is 10.0 Å². The number of sulfonamides is 1. The smallest absolute Gasteiger partial charge is 0.251 e. The second-order valence-corrected chi connectivity index (χ2v) is 8.47. The highest BCUT2D eigenvalue weighted by atomic mass is 32.2. The Morgan fingerprint density at radius 3 is 2.42 bits per heavy atom. The molecule has 1 N–H and O–H groups in total. The molecule has 7 nitrogen and oxygen atoms in total. The molecule has 0 spiro atoms. The third-order valence-electron chi connectivity index (χ3n) is 4.58. The largest absolute Gasteiger partial charge is 0.493 e. The molecule has 0 bridgehead atoms. The van der Waals surface area contributed by atoms with Gasteiger partial charge >= 0.3 is 0 Å². The number of benzene rings is 1. The van der Waals surface area contributed by atoms with Crippen LogP contribution in [0.2, 0.25) is 0 Å². The Labute approximate surface area is 155 Å². The molecule has 0 aromatic heterocycles. The maximum atomic E-state index is 12.5. The number of methoxy groups -OCH3 is 2. The molecule has 0 aliphatic carbocycles. The molecule has 1 aromatic rings. The number of hydrogen-bond donors (Lipinski definition) is 1. The number of ether oxygens (including phenoxy) is 2. The zero-order valence-electron chi connectivity index (χ0n) is 15.7. The predicted octanol–water partition coefficient (Wildman–Crippen LogP) is 2.03. The van der Waals surface area contributed by atoms with Crippen LogP contribution >= 0.6 is 0 Å². The number of piperidine rings is 1. The molecule has 1 amide bonds. The summed E-state index contributed by atoms with van der Waals surface area (Å²) >= 11 is 0. The number of rotatable bonds is 8. The summed E-state index contributed by atoms with van der Waals surface area (Å²) in [7, 11) is -0.112. The summed E-state index contributed by atoms with van der Waals surface area (Å²) < 4.78 is 36.4. The molecular formula is C18H28N2O5S. The second kappa shape index (κ2) is 9.23. The van der Waals surface area contributed by atoms with Gasteiger partial charge in [0, 0.05) is 24.7 Å². The zero-order chi connectivity index (χ0) is 19.2. The molecule has 0 atom stereocenters. The van der Waals surface area contributed by atoms with E-state index >= 15 is 0 Å². The Hall–Kier alpha value is -1.80. The first-order valence-electron chi connectivity index (χ1n) is 8.92. The topological polar surface area (TPSA) is 84.9 Å². The van der Waals surface area contributed by atoms with E-state index in [9.17, 15) is 13.2 Å². The van der Waals surface area contributed by atoms with Crippen molar-refractivity contribution in [1.29, 1.82) is 0 Å². The van der Waals surface area contributed by atoms with E-state index in [0.29, 0.717) is 49.4 Å². The number of amides is 1. The molecular weight excluding hydrogens is 356 g/mol. The van der Waals surface area contributed by atoms with Crippen molar-refractivity contribution in [3.63, 3.8) is 0 Å². The Morgan fingerprint density at radius 2 is 1.85 bits per heavy atom. The first-order valence-corrected chi connectivity index (χ1v) is 10.5. The zero-order valence-corrected chi connectivity index (χ0v) is 16.5. The van der Waals surface area contributed by atoms with Crippen LogP contribution in [0.4, 0.5) is 0 Å². The molecule has 146 valence electrons. The molecule has 1 saturated heterocycles. The third-order valence-corrected chi connectivity index (χ3v) is 6.54. The minimum absolute atomic E-state index is 0.0341. The third kappa shape index (κ3) is 5.11. The standard InChI is InChI=1S/C18H28N2O5S/c1-4-5-12-26(22,23)20-10-8-15(9-11-20)19-18(21)14-6-7-16(24-2)17(13-14)25-3/h6-7,13,15H,4-5,8-12H2,1-3H3,(H,19,21). The first kappa shape index (κ1) is 20.5. The summed E-state index contributed by atoms with van der Waals surface area (Å²) in [5.74, 6) is 1.07. The van der Waals surface area contributed by atoms with Crippen molar-refractivity contribution in [3.05, 3.63) is 23.8 Å². The molecule has 1 aliphatic rings. The fourth-order valence-corrected chi connectivity index (χ4v) is 4.66. The highest BCUT2D eigenvalue weighted by Crippen LogP contribution is 2.27. The average molecular weight is 384 g/mol. The molecule has 1 aromatic carbocycles. The van der Waals surface area contributed by atoms with Crippen LogP contribution < -0.4 is 14.8 Å². The van der Waals surface area contributed by atoms with Crippen molar-refractivity contribution < 1.29 is 22.7 Å². The van der Waals surface area contributed by atoms with E-state index in [0.717, 1.165) is 6.42 Å². The molecule has 0 radical (unpaired) electrons. The summed E-state index contributed by atoms with van der Waals surface area (Å²) in [5, 5.41) is 2.98. The van der Waals surface area contributed by atoms with Crippen molar-refractivity contribution in [1.82, 2.24) is 9.62 Å². The van der Waals surface area contributed by atoms with E-state index in [1.165, 1.54) is 7.11 Å². The molecule has 1 aliphatic heterocycles. The van der Waals surface area contributed by atoms with Gasteiger partial charge in [0.05, 0.1) is 20.0 Å². The summed E-state index contributed by atoms with van der Waals surface area (Å²) in [5.41, 5.74) is 0.487. The highest BCUT2D eigenvalue weighted by molar-refractivity contribution is 7.89. The van der Waals surface area contributed by atoms with E-state index in [2.05, 4.69) is 5.32 Å². The van der Waals surface area contributed by atoms with Gasteiger partial charge in [-0.1, -0.05) is 13.3 Å². The van der Waals surface area contributed by atoms with E-state index < -0.39 is 10.0 Å². The number of nitrogens with zero attached hydrogens (tertiary/aromatic N) is 1. The number of carbonyl (C=O) groups excluding carboxylic acids is 1. The van der Waals surface area contributed by atoms with Crippen LogP contribution in [-0.4, -0.2) is 57.7 Å². The van der Waals surface area contributed by atoms with Gasteiger partial charge in [-0.25, -0.2) is 12.7 Å². The normalized spacial score (nSPS) is 16.3. The van der Waals surface area contributed by atoms with Crippen LogP contribution in [0.1, 0.15) is 43.0 Å². The summed E-state index contributed by atoms with van der Waals surface area (Å²) in [6, 6.07) is 4.98. The number of hydrogen-bond acceptors (Lipinski definition) is 5. The fraction of sp³-hybridized carbons (Fsp3) is 0.611. The van der Waals surface area contributed by atoms with Crippen LogP contribution in [0, 0.1) is 0 Å². The van der Waals surface area contributed by atoms with Crippen LogP contribution in [0.15, 0.2) is 18.2 Å². The van der Waals surface area contributed by atoms with E-state index in [-0.39, 0.29) is 17.7 Å². The lowest BCUT2D eigenvalue weighted by Crippen LogP contribution is -2.47. The summed E-state index contributed by atoms with van der Waals surface area (Å²) in [6.45, 7) is 2.87. The molecule has 0 unspecified atom stereocenters. The monoisotopic (exact) mass is 384 g/mol. The van der Waals surface area contributed by atoms with Gasteiger partial charge < -0.3 is 14.8 Å². The van der Waals surface area contributed by atoms with Crippen LogP contribution in [0.25, 0.3) is 0 Å². The van der Waals surface area contributed by atoms with Crippen molar-refractivity contribution in [2.24, 2.45) is 0 Å². The molecule has 1 heterocycles. The summed E-state index contributed by atoms with van der Waals surface area (Å²) in [6.07, 6.45) is 2.77. The maximum Gasteiger partial charge on any atom is 0.251 e. The minimum Gasteiger partial charge on any atom is -0.493 e. The summed E-state index contributed by atoms with van der Waals surface area (Å²) in [4.78, 5) is 12.5. The van der Waals surface area contributed by atoms with E-state index in [1.807, 2.05) is 6.92 Å². The fourth-order valence-electron chi connectivity index (χ4n) is 2.98. The van der Waals surface area contributed by atoms with Crippen molar-refractivity contribution in [3.8, 4) is 11.5 Å². The first-order chi connectivity index (χ1) is 12.4. The average Bonchev–Trinajstić information content (AvgIpc) is 2.66. The lowest BCUT2D eigenvalue weighted by Gasteiger charge is -2.31. The van der Waals surface area contributed by atoms with Crippen LogP contribution in [0.5, 0.6) is 11.5 Å². The number of nitrogens with one attached hydrogen (secondary N) is 1. The van der Waals surface area contributed by atoms with Gasteiger partial charge in [-0.2, -0.15) is 0 Å². The van der Waals surface area contributed by atoms with E-state index in [1.54, 1.807) is 29.6 Å². The lowest BCUT2D eigenvalue weighted by atomic mass is 10.1. The van der Waals surface area contributed by atoms with Crippen molar-refractivity contribution in [2.45, 2.75) is 38.6 Å². The molecule has 0 saturated carbocycles. The second-order valence-electron chi connectivity index (χ2n) is 6.39. The van der Waals surface area contributed by atoms with Gasteiger partial charge in [-0.3, -0.25) is 4.79 Å². The van der Waals surface area contributed by atoms with Gasteiger partial charge in [-0.15, -0.1) is 0 Å².